The molecule has 0 saturated heterocycles. The van der Waals surface area contributed by atoms with Gasteiger partial charge in [-0.15, -0.1) is 0 Å². The van der Waals surface area contributed by atoms with Gasteiger partial charge in [-0.2, -0.15) is 9.65 Å². The number of halogens is 2. The maximum atomic E-state index is 13.8. The van der Waals surface area contributed by atoms with Crippen molar-refractivity contribution in [3.8, 4) is 11.8 Å². The van der Waals surface area contributed by atoms with Gasteiger partial charge in [0.05, 0.1) is 11.5 Å². The molecule has 0 aliphatic heterocycles. The Morgan fingerprint density at radius 2 is 1.96 bits per heavy atom. The second-order valence-corrected chi connectivity index (χ2v) is 6.13. The summed E-state index contributed by atoms with van der Waals surface area (Å²) in [6.45, 7) is 2.16. The predicted octanol–water partition coefficient (Wildman–Crippen LogP) is 4.74. The van der Waals surface area contributed by atoms with Crippen LogP contribution in [0.5, 0.6) is 5.75 Å². The summed E-state index contributed by atoms with van der Waals surface area (Å²) in [4.78, 5) is 12.1. The molecule has 0 radical (unpaired) electrons. The number of ether oxygens (including phenoxy) is 1. The van der Waals surface area contributed by atoms with Gasteiger partial charge in [0.15, 0.2) is 11.6 Å². The maximum absolute atomic E-state index is 13.8. The zero-order valence-electron chi connectivity index (χ0n) is 13.3. The maximum Gasteiger partial charge on any atom is 0.314 e. The number of nitrogens with zero attached hydrogens (tertiary/aromatic N) is 1. The third-order valence-electron chi connectivity index (χ3n) is 4.52. The van der Waals surface area contributed by atoms with Crippen LogP contribution in [0.15, 0.2) is 12.1 Å². The minimum absolute atomic E-state index is 0.258. The van der Waals surface area contributed by atoms with Gasteiger partial charge in [0.2, 0.25) is 5.82 Å². The lowest BCUT2D eigenvalue weighted by Gasteiger charge is -2.27. The van der Waals surface area contributed by atoms with E-state index in [4.69, 9.17) is 10.00 Å². The summed E-state index contributed by atoms with van der Waals surface area (Å²) in [6.07, 6.45) is 6.98. The SMILES string of the molecule is CCCC[C@H]1CC[C@H](C(=O)Oc2ccc(C#N)c(F)c2F)CC1. The number of benzene rings is 1. The predicted molar refractivity (Wildman–Crippen MR) is 81.7 cm³/mol. The fourth-order valence-corrected chi connectivity index (χ4v) is 3.07. The molecule has 1 aliphatic rings. The first-order valence-electron chi connectivity index (χ1n) is 8.16. The highest BCUT2D eigenvalue weighted by Crippen LogP contribution is 2.33. The van der Waals surface area contributed by atoms with Crippen LogP contribution in [0.2, 0.25) is 0 Å². The Balaban J connectivity index is 1.93. The Bertz CT molecular complexity index is 602. The van der Waals surface area contributed by atoms with E-state index in [1.54, 1.807) is 6.07 Å². The molecular weight excluding hydrogens is 300 g/mol. The van der Waals surface area contributed by atoms with E-state index in [1.165, 1.54) is 19.3 Å². The van der Waals surface area contributed by atoms with Crippen molar-refractivity contribution in [3.05, 3.63) is 29.3 Å². The molecule has 0 heterocycles. The second-order valence-electron chi connectivity index (χ2n) is 6.13. The summed E-state index contributed by atoms with van der Waals surface area (Å²) < 4.78 is 32.3. The number of unbranched alkanes of at least 4 members (excludes halogenated alkanes) is 1. The summed E-state index contributed by atoms with van der Waals surface area (Å²) >= 11 is 0. The average molecular weight is 321 g/mol. The molecule has 0 unspecified atom stereocenters. The van der Waals surface area contributed by atoms with Gasteiger partial charge in [-0.05, 0) is 43.7 Å². The van der Waals surface area contributed by atoms with Gasteiger partial charge >= 0.3 is 5.97 Å². The number of carbonyl (C=O) groups is 1. The third-order valence-corrected chi connectivity index (χ3v) is 4.52. The first-order chi connectivity index (χ1) is 11.1. The van der Waals surface area contributed by atoms with Gasteiger partial charge < -0.3 is 4.74 Å². The van der Waals surface area contributed by atoms with E-state index < -0.39 is 28.9 Å². The largest absolute Gasteiger partial charge is 0.423 e. The molecule has 0 amide bonds. The van der Waals surface area contributed by atoms with Gasteiger partial charge in [0, 0.05) is 0 Å². The molecule has 1 aromatic rings. The number of esters is 1. The molecule has 124 valence electrons. The van der Waals surface area contributed by atoms with E-state index in [1.807, 2.05) is 0 Å². The Morgan fingerprint density at radius 1 is 1.26 bits per heavy atom. The molecule has 1 saturated carbocycles. The monoisotopic (exact) mass is 321 g/mol. The molecule has 1 fully saturated rings. The molecule has 0 atom stereocenters. The molecule has 1 aromatic carbocycles. The fourth-order valence-electron chi connectivity index (χ4n) is 3.07. The van der Waals surface area contributed by atoms with Crippen molar-refractivity contribution in [2.45, 2.75) is 51.9 Å². The van der Waals surface area contributed by atoms with Crippen LogP contribution in [-0.2, 0) is 4.79 Å². The molecule has 0 aromatic heterocycles. The molecule has 0 spiro atoms. The van der Waals surface area contributed by atoms with Crippen molar-refractivity contribution < 1.29 is 18.3 Å². The van der Waals surface area contributed by atoms with E-state index in [0.29, 0.717) is 5.92 Å². The molecular formula is C18H21F2NO2. The molecule has 0 bridgehead atoms. The molecule has 23 heavy (non-hydrogen) atoms. The van der Waals surface area contributed by atoms with Gasteiger partial charge in [0.1, 0.15) is 6.07 Å². The first-order valence-corrected chi connectivity index (χ1v) is 8.16. The van der Waals surface area contributed by atoms with E-state index in [0.717, 1.165) is 37.8 Å². The van der Waals surface area contributed by atoms with Crippen molar-refractivity contribution in [1.29, 1.82) is 5.26 Å². The van der Waals surface area contributed by atoms with Crippen LogP contribution >= 0.6 is 0 Å². The smallest absolute Gasteiger partial charge is 0.314 e. The summed E-state index contributed by atoms with van der Waals surface area (Å²) in [5.74, 6) is -3.12. The van der Waals surface area contributed by atoms with Crippen molar-refractivity contribution in [2.75, 3.05) is 0 Å². The van der Waals surface area contributed by atoms with Crippen molar-refractivity contribution >= 4 is 5.97 Å². The van der Waals surface area contributed by atoms with E-state index in [-0.39, 0.29) is 5.92 Å². The van der Waals surface area contributed by atoms with Crippen LogP contribution in [-0.4, -0.2) is 5.97 Å². The first kappa shape index (κ1) is 17.4. The summed E-state index contributed by atoms with van der Waals surface area (Å²) in [7, 11) is 0. The summed E-state index contributed by atoms with van der Waals surface area (Å²) in [6, 6.07) is 3.79. The highest BCUT2D eigenvalue weighted by Gasteiger charge is 2.28. The van der Waals surface area contributed by atoms with Crippen LogP contribution in [0.25, 0.3) is 0 Å². The van der Waals surface area contributed by atoms with Crippen molar-refractivity contribution in [1.82, 2.24) is 0 Å². The van der Waals surface area contributed by atoms with Crippen LogP contribution < -0.4 is 4.74 Å². The van der Waals surface area contributed by atoms with Crippen LogP contribution in [0, 0.1) is 34.8 Å². The lowest BCUT2D eigenvalue weighted by Crippen LogP contribution is -2.26. The van der Waals surface area contributed by atoms with Crippen LogP contribution in [0.1, 0.15) is 57.4 Å². The van der Waals surface area contributed by atoms with E-state index in [9.17, 15) is 13.6 Å². The van der Waals surface area contributed by atoms with E-state index in [2.05, 4.69) is 6.92 Å². The highest BCUT2D eigenvalue weighted by atomic mass is 19.2. The highest BCUT2D eigenvalue weighted by molar-refractivity contribution is 5.75. The standard InChI is InChI=1S/C18H21F2NO2/c1-2-3-4-12-5-7-13(8-6-12)18(22)23-15-10-9-14(11-21)16(19)17(15)20/h9-10,12-13H,2-8H2,1H3/t12-,13-. The number of carbonyl (C=O) groups excluding carboxylic acids is 1. The number of hydrogen-bond acceptors (Lipinski definition) is 3. The Morgan fingerprint density at radius 3 is 2.57 bits per heavy atom. The number of hydrogen-bond donors (Lipinski definition) is 0. The topological polar surface area (TPSA) is 50.1 Å². The van der Waals surface area contributed by atoms with Gasteiger partial charge in [0.25, 0.3) is 0 Å². The molecule has 5 heteroatoms. The van der Waals surface area contributed by atoms with Gasteiger partial charge in [-0.25, -0.2) is 4.39 Å². The van der Waals surface area contributed by atoms with Crippen LogP contribution in [0.4, 0.5) is 8.78 Å². The summed E-state index contributed by atoms with van der Waals surface area (Å²) in [5.41, 5.74) is -0.404. The summed E-state index contributed by atoms with van der Waals surface area (Å²) in [5, 5.41) is 8.64. The normalized spacial score (nSPS) is 20.8. The number of rotatable bonds is 5. The van der Waals surface area contributed by atoms with Crippen molar-refractivity contribution in [3.63, 3.8) is 0 Å². The fraction of sp³-hybridized carbons (Fsp3) is 0.556. The van der Waals surface area contributed by atoms with Gasteiger partial charge in [-0.1, -0.05) is 26.2 Å². The lowest BCUT2D eigenvalue weighted by molar-refractivity contribution is -0.140. The van der Waals surface area contributed by atoms with E-state index >= 15 is 0 Å². The Kier molecular flexibility index (Phi) is 6.09. The number of nitriles is 1. The average Bonchev–Trinajstić information content (AvgIpc) is 2.57. The van der Waals surface area contributed by atoms with Crippen molar-refractivity contribution in [2.24, 2.45) is 11.8 Å². The molecule has 2 rings (SSSR count). The Labute approximate surface area is 135 Å². The third kappa shape index (κ3) is 4.28. The quantitative estimate of drug-likeness (QED) is 0.581. The Hall–Kier alpha value is -1.96. The van der Waals surface area contributed by atoms with Gasteiger partial charge in [-0.3, -0.25) is 4.79 Å². The minimum Gasteiger partial charge on any atom is -0.423 e. The zero-order valence-corrected chi connectivity index (χ0v) is 13.3. The zero-order chi connectivity index (χ0) is 16.8. The lowest BCUT2D eigenvalue weighted by atomic mass is 9.80. The molecule has 3 nitrogen and oxygen atoms in total. The van der Waals surface area contributed by atoms with Crippen LogP contribution in [0.3, 0.4) is 0 Å². The molecule has 0 N–H and O–H groups in total. The minimum atomic E-state index is -1.28. The molecule has 1 aliphatic carbocycles. The second kappa shape index (κ2) is 8.05.